The largest absolute Gasteiger partial charge is 0.452 e. The van der Waals surface area contributed by atoms with E-state index in [-0.39, 0.29) is 12.5 Å². The van der Waals surface area contributed by atoms with Crippen molar-refractivity contribution >= 4 is 56.6 Å². The van der Waals surface area contributed by atoms with Crippen LogP contribution in [-0.2, 0) is 16.1 Å². The Labute approximate surface area is 164 Å². The van der Waals surface area contributed by atoms with E-state index in [4.69, 9.17) is 27.9 Å². The maximum absolute atomic E-state index is 12.2. The van der Waals surface area contributed by atoms with Gasteiger partial charge < -0.3 is 9.64 Å². The maximum Gasteiger partial charge on any atom is 0.338 e. The molecule has 0 radical (unpaired) electrons. The van der Waals surface area contributed by atoms with Crippen LogP contribution in [0.15, 0.2) is 41.9 Å². The number of hydrogen-bond donors (Lipinski definition) is 0. The lowest BCUT2D eigenvalue weighted by atomic mass is 10.2. The van der Waals surface area contributed by atoms with E-state index >= 15 is 0 Å². The summed E-state index contributed by atoms with van der Waals surface area (Å²) in [5, 5.41) is 0.881. The molecule has 2 aromatic carbocycles. The molecule has 0 N–H and O–H groups in total. The Morgan fingerprint density at radius 2 is 1.96 bits per heavy atom. The van der Waals surface area contributed by atoms with Gasteiger partial charge in [-0.05, 0) is 35.9 Å². The molecule has 0 saturated heterocycles. The first-order chi connectivity index (χ1) is 12.4. The van der Waals surface area contributed by atoms with E-state index in [2.05, 4.69) is 4.98 Å². The number of fused-ring (bicyclic) bond motifs is 1. The van der Waals surface area contributed by atoms with Gasteiger partial charge in [0.05, 0.1) is 31.3 Å². The van der Waals surface area contributed by atoms with Crippen LogP contribution in [0.2, 0.25) is 10.0 Å². The Bertz CT molecular complexity index is 974. The van der Waals surface area contributed by atoms with Crippen LogP contribution in [0.4, 0.5) is 0 Å². The molecule has 0 aliphatic heterocycles. The summed E-state index contributed by atoms with van der Waals surface area (Å²) in [4.78, 5) is 29.9. The van der Waals surface area contributed by atoms with Gasteiger partial charge in [-0.2, -0.15) is 0 Å². The quantitative estimate of drug-likeness (QED) is 0.586. The zero-order chi connectivity index (χ0) is 18.7. The van der Waals surface area contributed by atoms with Gasteiger partial charge in [0.2, 0.25) is 0 Å². The second-order valence-electron chi connectivity index (χ2n) is 5.61. The first-order valence-electron chi connectivity index (χ1n) is 7.62. The third kappa shape index (κ3) is 4.33. The van der Waals surface area contributed by atoms with Crippen molar-refractivity contribution in [1.82, 2.24) is 9.88 Å². The van der Waals surface area contributed by atoms with Crippen LogP contribution in [0.5, 0.6) is 0 Å². The average Bonchev–Trinajstić information content (AvgIpc) is 3.10. The highest BCUT2D eigenvalue weighted by atomic mass is 35.5. The van der Waals surface area contributed by atoms with Crippen molar-refractivity contribution in [3.8, 4) is 0 Å². The van der Waals surface area contributed by atoms with Crippen LogP contribution in [0.25, 0.3) is 10.2 Å². The molecule has 134 valence electrons. The standard InChI is InChI=1S/C18H14Cl2N2O3S/c1-22(8-11-2-4-13(19)14(20)6-11)17(23)9-25-18(24)12-3-5-15-16(7-12)26-10-21-15/h2-7,10H,8-9H2,1H3. The SMILES string of the molecule is CN(Cc1ccc(Cl)c(Cl)c1)C(=O)COC(=O)c1ccc2ncsc2c1. The fourth-order valence-electron chi connectivity index (χ4n) is 2.30. The number of aromatic nitrogens is 1. The summed E-state index contributed by atoms with van der Waals surface area (Å²) in [7, 11) is 1.63. The lowest BCUT2D eigenvalue weighted by molar-refractivity contribution is -0.133. The van der Waals surface area contributed by atoms with Gasteiger partial charge in [0.1, 0.15) is 0 Å². The molecule has 0 fully saturated rings. The summed E-state index contributed by atoms with van der Waals surface area (Å²) in [5.41, 5.74) is 3.75. The second-order valence-corrected chi connectivity index (χ2v) is 7.31. The van der Waals surface area contributed by atoms with Gasteiger partial charge in [-0.3, -0.25) is 4.79 Å². The third-order valence-corrected chi connectivity index (χ3v) is 5.25. The summed E-state index contributed by atoms with van der Waals surface area (Å²) in [6.45, 7) is -0.00250. The number of benzene rings is 2. The molecule has 8 heteroatoms. The highest BCUT2D eigenvalue weighted by Crippen LogP contribution is 2.23. The van der Waals surface area contributed by atoms with Crippen molar-refractivity contribution in [1.29, 1.82) is 0 Å². The maximum atomic E-state index is 12.2. The Hall–Kier alpha value is -2.15. The number of nitrogens with zero attached hydrogens (tertiary/aromatic N) is 2. The molecule has 0 saturated carbocycles. The molecule has 0 aliphatic rings. The summed E-state index contributed by atoms with van der Waals surface area (Å²) in [5.74, 6) is -0.861. The van der Waals surface area contributed by atoms with E-state index in [1.54, 1.807) is 49.0 Å². The normalized spacial score (nSPS) is 10.7. The van der Waals surface area contributed by atoms with E-state index < -0.39 is 5.97 Å². The molecule has 3 aromatic rings. The van der Waals surface area contributed by atoms with E-state index in [1.807, 2.05) is 0 Å². The molecular formula is C18H14Cl2N2O3S. The number of ether oxygens (including phenoxy) is 1. The first-order valence-corrected chi connectivity index (χ1v) is 9.26. The molecule has 26 heavy (non-hydrogen) atoms. The smallest absolute Gasteiger partial charge is 0.338 e. The molecule has 0 atom stereocenters. The van der Waals surface area contributed by atoms with Crippen molar-refractivity contribution in [2.45, 2.75) is 6.54 Å². The van der Waals surface area contributed by atoms with Crippen LogP contribution < -0.4 is 0 Å². The molecule has 1 amide bonds. The lowest BCUT2D eigenvalue weighted by Crippen LogP contribution is -2.30. The Morgan fingerprint density at radius 3 is 2.73 bits per heavy atom. The van der Waals surface area contributed by atoms with E-state index in [9.17, 15) is 9.59 Å². The number of carbonyl (C=O) groups excluding carboxylic acids is 2. The number of amides is 1. The van der Waals surface area contributed by atoms with E-state index in [0.717, 1.165) is 15.8 Å². The monoisotopic (exact) mass is 408 g/mol. The van der Waals surface area contributed by atoms with E-state index in [1.165, 1.54) is 16.2 Å². The molecule has 0 bridgehead atoms. The highest BCUT2D eigenvalue weighted by molar-refractivity contribution is 7.16. The lowest BCUT2D eigenvalue weighted by Gasteiger charge is -2.17. The first kappa shape index (κ1) is 18.6. The van der Waals surface area contributed by atoms with Crippen LogP contribution in [0.3, 0.4) is 0 Å². The molecule has 0 spiro atoms. The highest BCUT2D eigenvalue weighted by Gasteiger charge is 2.15. The zero-order valence-electron chi connectivity index (χ0n) is 13.7. The zero-order valence-corrected chi connectivity index (χ0v) is 16.1. The minimum atomic E-state index is -0.545. The third-order valence-electron chi connectivity index (χ3n) is 3.72. The van der Waals surface area contributed by atoms with Crippen molar-refractivity contribution < 1.29 is 14.3 Å². The van der Waals surface area contributed by atoms with Gasteiger partial charge in [0, 0.05) is 13.6 Å². The van der Waals surface area contributed by atoms with Crippen molar-refractivity contribution in [3.05, 3.63) is 63.1 Å². The number of thiazole rings is 1. The number of carbonyl (C=O) groups is 2. The van der Waals surface area contributed by atoms with Gasteiger partial charge in [-0.25, -0.2) is 9.78 Å². The fourth-order valence-corrected chi connectivity index (χ4v) is 3.34. The number of halogens is 2. The molecular weight excluding hydrogens is 395 g/mol. The average molecular weight is 409 g/mol. The molecule has 0 aliphatic carbocycles. The molecule has 3 rings (SSSR count). The topological polar surface area (TPSA) is 59.5 Å². The number of hydrogen-bond acceptors (Lipinski definition) is 5. The molecule has 1 heterocycles. The van der Waals surface area contributed by atoms with Gasteiger partial charge >= 0.3 is 5.97 Å². The van der Waals surface area contributed by atoms with Crippen LogP contribution in [0, 0.1) is 0 Å². The molecule has 1 aromatic heterocycles. The fraction of sp³-hybridized carbons (Fsp3) is 0.167. The number of esters is 1. The van der Waals surface area contributed by atoms with Crippen molar-refractivity contribution in [2.75, 3.05) is 13.7 Å². The summed E-state index contributed by atoms with van der Waals surface area (Å²) >= 11 is 13.3. The predicted octanol–water partition coefficient (Wildman–Crippen LogP) is 4.42. The van der Waals surface area contributed by atoms with Gasteiger partial charge in [-0.15, -0.1) is 11.3 Å². The van der Waals surface area contributed by atoms with Gasteiger partial charge in [0.25, 0.3) is 5.91 Å². The summed E-state index contributed by atoms with van der Waals surface area (Å²) in [6.07, 6.45) is 0. The summed E-state index contributed by atoms with van der Waals surface area (Å²) in [6, 6.07) is 10.2. The van der Waals surface area contributed by atoms with Crippen LogP contribution in [0.1, 0.15) is 15.9 Å². The Morgan fingerprint density at radius 1 is 1.15 bits per heavy atom. The Balaban J connectivity index is 1.56. The Kier molecular flexibility index (Phi) is 5.76. The van der Waals surface area contributed by atoms with Gasteiger partial charge in [0.15, 0.2) is 6.61 Å². The molecule has 5 nitrogen and oxygen atoms in total. The van der Waals surface area contributed by atoms with Crippen molar-refractivity contribution in [2.24, 2.45) is 0 Å². The van der Waals surface area contributed by atoms with Crippen molar-refractivity contribution in [3.63, 3.8) is 0 Å². The van der Waals surface area contributed by atoms with Crippen LogP contribution in [-0.4, -0.2) is 35.4 Å². The predicted molar refractivity (Wildman–Crippen MR) is 103 cm³/mol. The summed E-state index contributed by atoms with van der Waals surface area (Å²) < 4.78 is 6.02. The number of likely N-dealkylation sites (N-methyl/N-ethyl adjacent to an activating group) is 1. The minimum absolute atomic E-state index is 0.316. The van der Waals surface area contributed by atoms with E-state index in [0.29, 0.717) is 22.2 Å². The van der Waals surface area contributed by atoms with Gasteiger partial charge in [-0.1, -0.05) is 29.3 Å². The number of rotatable bonds is 5. The second kappa shape index (κ2) is 8.03. The van der Waals surface area contributed by atoms with Crippen LogP contribution >= 0.6 is 34.5 Å². The minimum Gasteiger partial charge on any atom is -0.452 e. The molecule has 0 unspecified atom stereocenters.